The molecule has 9 heavy (non-hydrogen) atoms. The number of hydrogen-bond donors (Lipinski definition) is 1. The molecule has 0 bridgehead atoms. The van der Waals surface area contributed by atoms with Crippen molar-refractivity contribution in [3.63, 3.8) is 0 Å². The van der Waals surface area contributed by atoms with Crippen LogP contribution in [0.1, 0.15) is 0 Å². The van der Waals surface area contributed by atoms with Crippen molar-refractivity contribution in [3.05, 3.63) is 20.6 Å². The first kappa shape index (κ1) is 7.18. The van der Waals surface area contributed by atoms with Gasteiger partial charge in [-0.25, -0.2) is 4.98 Å². The highest BCUT2D eigenvalue weighted by Gasteiger charge is 1.93. The third-order valence-corrected chi connectivity index (χ3v) is 2.01. The van der Waals surface area contributed by atoms with Gasteiger partial charge < -0.3 is 4.98 Å². The monoisotopic (exact) mass is 224 g/mol. The van der Waals surface area contributed by atoms with Crippen LogP contribution in [0.3, 0.4) is 0 Å². The lowest BCUT2D eigenvalue weighted by Crippen LogP contribution is -1.80. The summed E-state index contributed by atoms with van der Waals surface area (Å²) in [5.41, 5.74) is 0. The van der Waals surface area contributed by atoms with E-state index in [1.807, 2.05) is 0 Å². The average Bonchev–Trinajstić information content (AvgIpc) is 1.80. The Morgan fingerprint density at radius 1 is 1.78 bits per heavy atom. The molecular weight excluding hydrogens is 223 g/mol. The summed E-state index contributed by atoms with van der Waals surface area (Å²) in [6.45, 7) is 0. The van der Waals surface area contributed by atoms with Crippen LogP contribution in [-0.2, 0) is 0 Å². The first-order valence-corrected chi connectivity index (χ1v) is 3.68. The van der Waals surface area contributed by atoms with Crippen LogP contribution in [0.4, 0.5) is 0 Å². The number of aromatic amines is 1. The zero-order valence-corrected chi connectivity index (χ0v) is 7.35. The minimum atomic E-state index is 0.392. The van der Waals surface area contributed by atoms with Gasteiger partial charge in [-0.1, -0.05) is 23.8 Å². The molecule has 0 aliphatic heterocycles. The average molecular weight is 225 g/mol. The number of hydrogen-bond acceptors (Lipinski definition) is 2. The lowest BCUT2D eigenvalue weighted by Gasteiger charge is -1.90. The summed E-state index contributed by atoms with van der Waals surface area (Å²) in [6.07, 6.45) is 1.49. The minimum absolute atomic E-state index is 0.392. The summed E-state index contributed by atoms with van der Waals surface area (Å²) in [5.74, 6) is 0. The van der Waals surface area contributed by atoms with Crippen molar-refractivity contribution in [3.8, 4) is 0 Å². The number of nitrogens with one attached hydrogen (secondary N) is 1. The molecule has 0 aromatic carbocycles. The highest BCUT2D eigenvalue weighted by molar-refractivity contribution is 9.10. The van der Waals surface area contributed by atoms with Gasteiger partial charge in [0.05, 0.1) is 6.20 Å². The fourth-order valence-corrected chi connectivity index (χ4v) is 1.06. The highest BCUT2D eigenvalue weighted by Crippen LogP contribution is 2.14. The van der Waals surface area contributed by atoms with E-state index in [0.717, 1.165) is 0 Å². The van der Waals surface area contributed by atoms with Gasteiger partial charge in [0.1, 0.15) is 9.24 Å². The molecule has 48 valence electrons. The van der Waals surface area contributed by atoms with Gasteiger partial charge in [0.2, 0.25) is 0 Å². The standard InChI is InChI=1S/C4H2BrClN2S/c5-3-4(6)7-1-2(9)8-3/h1H,(H,8,9). The zero-order chi connectivity index (χ0) is 6.85. The molecule has 0 saturated carbocycles. The molecule has 1 N–H and O–H groups in total. The highest BCUT2D eigenvalue weighted by atomic mass is 79.9. The number of H-pyrrole nitrogens is 1. The molecular formula is C4H2BrClN2S. The Morgan fingerprint density at radius 3 is 2.89 bits per heavy atom. The molecule has 1 aromatic heterocycles. The first-order valence-electron chi connectivity index (χ1n) is 2.10. The molecule has 5 heteroatoms. The summed E-state index contributed by atoms with van der Waals surface area (Å²) in [7, 11) is 0. The van der Waals surface area contributed by atoms with Gasteiger partial charge in [0.15, 0.2) is 5.15 Å². The molecule has 0 unspecified atom stereocenters. The predicted molar refractivity (Wildman–Crippen MR) is 42.1 cm³/mol. The molecule has 0 saturated heterocycles. The number of aromatic nitrogens is 2. The van der Waals surface area contributed by atoms with Crippen LogP contribution in [0.2, 0.25) is 5.15 Å². The third kappa shape index (κ3) is 1.74. The van der Waals surface area contributed by atoms with E-state index in [2.05, 4.69) is 25.9 Å². The summed E-state index contributed by atoms with van der Waals surface area (Å²) in [6, 6.07) is 0. The fourth-order valence-electron chi connectivity index (χ4n) is 0.364. The maximum absolute atomic E-state index is 5.55. The smallest absolute Gasteiger partial charge is 0.159 e. The van der Waals surface area contributed by atoms with Crippen LogP contribution >= 0.6 is 39.7 Å². The molecule has 0 amide bonds. The Kier molecular flexibility index (Phi) is 2.21. The third-order valence-electron chi connectivity index (χ3n) is 0.709. The molecule has 0 radical (unpaired) electrons. The predicted octanol–water partition coefficient (Wildman–Crippen LogP) is 2.56. The van der Waals surface area contributed by atoms with Gasteiger partial charge in [-0.05, 0) is 15.9 Å². The van der Waals surface area contributed by atoms with Crippen LogP contribution in [0.15, 0.2) is 10.8 Å². The van der Waals surface area contributed by atoms with Crippen molar-refractivity contribution in [1.82, 2.24) is 9.97 Å². The lowest BCUT2D eigenvalue weighted by molar-refractivity contribution is 1.14. The Hall–Kier alpha value is 0.0700. The van der Waals surface area contributed by atoms with Crippen LogP contribution in [-0.4, -0.2) is 9.97 Å². The van der Waals surface area contributed by atoms with Gasteiger partial charge in [-0.2, -0.15) is 0 Å². The number of halogens is 2. The summed E-state index contributed by atoms with van der Waals surface area (Å²) in [5, 5.41) is 0.392. The molecule has 0 atom stereocenters. The molecule has 1 heterocycles. The van der Waals surface area contributed by atoms with Gasteiger partial charge in [-0.3, -0.25) is 0 Å². The Balaban J connectivity index is 3.34. The Bertz CT molecular complexity index is 272. The van der Waals surface area contributed by atoms with Crippen LogP contribution in [0.25, 0.3) is 0 Å². The number of rotatable bonds is 0. The minimum Gasteiger partial charge on any atom is -0.337 e. The second kappa shape index (κ2) is 2.77. The topological polar surface area (TPSA) is 28.7 Å². The Morgan fingerprint density at radius 2 is 2.44 bits per heavy atom. The van der Waals surface area contributed by atoms with E-state index in [1.54, 1.807) is 0 Å². The van der Waals surface area contributed by atoms with Crippen LogP contribution in [0.5, 0.6) is 0 Å². The largest absolute Gasteiger partial charge is 0.337 e. The molecule has 1 aromatic rings. The van der Waals surface area contributed by atoms with Crippen LogP contribution in [0, 0.1) is 4.64 Å². The van der Waals surface area contributed by atoms with E-state index in [1.165, 1.54) is 6.20 Å². The Labute approximate surface area is 70.4 Å². The molecule has 0 aliphatic carbocycles. The van der Waals surface area contributed by atoms with Crippen molar-refractivity contribution in [2.45, 2.75) is 0 Å². The zero-order valence-electron chi connectivity index (χ0n) is 4.19. The second-order valence-electron chi connectivity index (χ2n) is 1.35. The maximum Gasteiger partial charge on any atom is 0.159 e. The van der Waals surface area contributed by atoms with Gasteiger partial charge in [0.25, 0.3) is 0 Å². The van der Waals surface area contributed by atoms with Gasteiger partial charge in [0, 0.05) is 0 Å². The van der Waals surface area contributed by atoms with Gasteiger partial charge >= 0.3 is 0 Å². The van der Waals surface area contributed by atoms with E-state index >= 15 is 0 Å². The van der Waals surface area contributed by atoms with Crippen LogP contribution < -0.4 is 0 Å². The van der Waals surface area contributed by atoms with Crippen molar-refractivity contribution < 1.29 is 0 Å². The van der Waals surface area contributed by atoms with E-state index in [-0.39, 0.29) is 0 Å². The van der Waals surface area contributed by atoms with E-state index in [9.17, 15) is 0 Å². The quantitative estimate of drug-likeness (QED) is 0.688. The SMILES string of the molecule is S=c1cnc(Cl)c(Br)[nH]1. The summed E-state index contributed by atoms with van der Waals surface area (Å²) in [4.78, 5) is 6.54. The molecule has 0 fully saturated rings. The summed E-state index contributed by atoms with van der Waals surface area (Å²) < 4.78 is 1.18. The van der Waals surface area contributed by atoms with E-state index < -0.39 is 0 Å². The van der Waals surface area contributed by atoms with E-state index in [4.69, 9.17) is 23.8 Å². The molecule has 2 nitrogen and oxygen atoms in total. The lowest BCUT2D eigenvalue weighted by atomic mass is 10.8. The van der Waals surface area contributed by atoms with Gasteiger partial charge in [-0.15, -0.1) is 0 Å². The maximum atomic E-state index is 5.55. The van der Waals surface area contributed by atoms with Crippen molar-refractivity contribution in [2.75, 3.05) is 0 Å². The molecule has 0 aliphatic rings. The summed E-state index contributed by atoms with van der Waals surface area (Å²) >= 11 is 13.4. The molecule has 1 rings (SSSR count). The van der Waals surface area contributed by atoms with Crippen molar-refractivity contribution in [2.24, 2.45) is 0 Å². The second-order valence-corrected chi connectivity index (χ2v) is 2.94. The normalized spacial score (nSPS) is 9.56. The molecule has 0 spiro atoms. The first-order chi connectivity index (χ1) is 4.20. The number of nitrogens with zero attached hydrogens (tertiary/aromatic N) is 1. The van der Waals surface area contributed by atoms with Crippen molar-refractivity contribution in [1.29, 1.82) is 0 Å². The fraction of sp³-hybridized carbons (Fsp3) is 0. The van der Waals surface area contributed by atoms with E-state index in [0.29, 0.717) is 14.4 Å². The van der Waals surface area contributed by atoms with Crippen molar-refractivity contribution >= 4 is 39.7 Å².